The Morgan fingerprint density at radius 2 is 2.15 bits per heavy atom. The molecule has 1 aliphatic rings. The lowest BCUT2D eigenvalue weighted by molar-refractivity contribution is 0.147. The van der Waals surface area contributed by atoms with Crippen LogP contribution in [0.15, 0.2) is 6.20 Å². The van der Waals surface area contributed by atoms with E-state index in [9.17, 15) is 0 Å². The SMILES string of the molecule is CCOCCCNc1nc(C)cn1CC1CCCCC1. The van der Waals surface area contributed by atoms with Gasteiger partial charge < -0.3 is 14.6 Å². The van der Waals surface area contributed by atoms with Crippen LogP contribution < -0.4 is 5.32 Å². The van der Waals surface area contributed by atoms with Crippen molar-refractivity contribution in [3.8, 4) is 0 Å². The molecule has 2 rings (SSSR count). The molecule has 0 aliphatic heterocycles. The third-order valence-corrected chi connectivity index (χ3v) is 4.03. The topological polar surface area (TPSA) is 39.1 Å². The normalized spacial score (nSPS) is 16.5. The molecule has 1 saturated carbocycles. The van der Waals surface area contributed by atoms with E-state index in [0.29, 0.717) is 0 Å². The molecule has 1 fully saturated rings. The molecule has 0 aromatic carbocycles. The van der Waals surface area contributed by atoms with Gasteiger partial charge in [0.2, 0.25) is 5.95 Å². The number of hydrogen-bond acceptors (Lipinski definition) is 3. The van der Waals surface area contributed by atoms with Crippen molar-refractivity contribution in [2.24, 2.45) is 5.92 Å². The van der Waals surface area contributed by atoms with Gasteiger partial charge in [-0.2, -0.15) is 0 Å². The molecule has 1 aromatic heterocycles. The lowest BCUT2D eigenvalue weighted by atomic mass is 9.89. The quantitative estimate of drug-likeness (QED) is 0.739. The van der Waals surface area contributed by atoms with E-state index in [2.05, 4.69) is 28.0 Å². The van der Waals surface area contributed by atoms with Gasteiger partial charge in [0, 0.05) is 32.5 Å². The van der Waals surface area contributed by atoms with Crippen LogP contribution in [0.5, 0.6) is 0 Å². The Balaban J connectivity index is 1.81. The summed E-state index contributed by atoms with van der Waals surface area (Å²) in [6.45, 7) is 7.79. The molecule has 0 radical (unpaired) electrons. The summed E-state index contributed by atoms with van der Waals surface area (Å²) in [5.74, 6) is 1.87. The first kappa shape index (κ1) is 15.4. The number of aromatic nitrogens is 2. The highest BCUT2D eigenvalue weighted by Crippen LogP contribution is 2.26. The fraction of sp³-hybridized carbons (Fsp3) is 0.812. The second-order valence-corrected chi connectivity index (χ2v) is 5.84. The summed E-state index contributed by atoms with van der Waals surface area (Å²) < 4.78 is 7.67. The first-order chi connectivity index (χ1) is 9.79. The average Bonchev–Trinajstić information content (AvgIpc) is 2.80. The van der Waals surface area contributed by atoms with Crippen molar-refractivity contribution in [3.63, 3.8) is 0 Å². The summed E-state index contributed by atoms with van der Waals surface area (Å²) in [6.07, 6.45) is 10.2. The van der Waals surface area contributed by atoms with Gasteiger partial charge in [0.1, 0.15) is 0 Å². The zero-order chi connectivity index (χ0) is 14.2. The number of nitrogens with one attached hydrogen (secondary N) is 1. The minimum absolute atomic E-state index is 0.801. The third kappa shape index (κ3) is 4.82. The van der Waals surface area contributed by atoms with E-state index < -0.39 is 0 Å². The molecule has 20 heavy (non-hydrogen) atoms. The van der Waals surface area contributed by atoms with E-state index in [0.717, 1.165) is 50.3 Å². The molecule has 4 nitrogen and oxygen atoms in total. The Hall–Kier alpha value is -1.03. The lowest BCUT2D eigenvalue weighted by Crippen LogP contribution is -2.16. The number of hydrogen-bond donors (Lipinski definition) is 1. The van der Waals surface area contributed by atoms with Gasteiger partial charge in [-0.3, -0.25) is 0 Å². The van der Waals surface area contributed by atoms with Crippen molar-refractivity contribution in [2.75, 3.05) is 25.1 Å². The monoisotopic (exact) mass is 279 g/mol. The molecule has 114 valence electrons. The predicted octanol–water partition coefficient (Wildman–Crippen LogP) is 3.61. The number of imidazole rings is 1. The van der Waals surface area contributed by atoms with Crippen LogP contribution in [0.2, 0.25) is 0 Å². The van der Waals surface area contributed by atoms with Crippen LogP contribution >= 0.6 is 0 Å². The maximum Gasteiger partial charge on any atom is 0.203 e. The Labute approximate surface area is 122 Å². The van der Waals surface area contributed by atoms with Gasteiger partial charge in [-0.25, -0.2) is 4.98 Å². The van der Waals surface area contributed by atoms with Crippen molar-refractivity contribution >= 4 is 5.95 Å². The van der Waals surface area contributed by atoms with Gasteiger partial charge in [0.05, 0.1) is 5.69 Å². The average molecular weight is 279 g/mol. The molecule has 0 atom stereocenters. The Kier molecular flexibility index (Phi) is 6.37. The number of nitrogens with zero attached hydrogens (tertiary/aromatic N) is 2. The van der Waals surface area contributed by atoms with E-state index in [1.165, 1.54) is 32.1 Å². The van der Waals surface area contributed by atoms with Crippen LogP contribution in [0.1, 0.15) is 51.1 Å². The third-order valence-electron chi connectivity index (χ3n) is 4.03. The van der Waals surface area contributed by atoms with E-state index >= 15 is 0 Å². The van der Waals surface area contributed by atoms with Crippen LogP contribution in [0.3, 0.4) is 0 Å². The van der Waals surface area contributed by atoms with Crippen molar-refractivity contribution in [2.45, 2.75) is 58.9 Å². The minimum atomic E-state index is 0.801. The molecular formula is C16H29N3O. The Morgan fingerprint density at radius 1 is 1.35 bits per heavy atom. The van der Waals surface area contributed by atoms with Crippen LogP contribution in [0.25, 0.3) is 0 Å². The van der Waals surface area contributed by atoms with Gasteiger partial charge in [-0.05, 0) is 39.0 Å². The smallest absolute Gasteiger partial charge is 0.203 e. The summed E-state index contributed by atoms with van der Waals surface area (Å²) in [5.41, 5.74) is 1.10. The summed E-state index contributed by atoms with van der Waals surface area (Å²) >= 11 is 0. The summed E-state index contributed by atoms with van der Waals surface area (Å²) in [6, 6.07) is 0. The highest BCUT2D eigenvalue weighted by molar-refractivity contribution is 5.28. The Morgan fingerprint density at radius 3 is 2.90 bits per heavy atom. The van der Waals surface area contributed by atoms with Gasteiger partial charge >= 0.3 is 0 Å². The second kappa shape index (κ2) is 8.30. The minimum Gasteiger partial charge on any atom is -0.382 e. The number of rotatable bonds is 8. The van der Waals surface area contributed by atoms with E-state index in [1.807, 2.05) is 6.92 Å². The van der Waals surface area contributed by atoms with Gasteiger partial charge in [-0.15, -0.1) is 0 Å². The van der Waals surface area contributed by atoms with Gasteiger partial charge in [-0.1, -0.05) is 19.3 Å². The van der Waals surface area contributed by atoms with Crippen molar-refractivity contribution in [3.05, 3.63) is 11.9 Å². The van der Waals surface area contributed by atoms with Crippen LogP contribution in [-0.2, 0) is 11.3 Å². The van der Waals surface area contributed by atoms with Crippen molar-refractivity contribution in [1.82, 2.24) is 9.55 Å². The molecule has 0 unspecified atom stereocenters. The predicted molar refractivity (Wildman–Crippen MR) is 83.1 cm³/mol. The number of ether oxygens (including phenoxy) is 1. The molecule has 1 aromatic rings. The van der Waals surface area contributed by atoms with E-state index in [4.69, 9.17) is 4.74 Å². The fourth-order valence-electron chi connectivity index (χ4n) is 2.99. The lowest BCUT2D eigenvalue weighted by Gasteiger charge is -2.22. The number of aryl methyl sites for hydroxylation is 1. The largest absolute Gasteiger partial charge is 0.382 e. The van der Waals surface area contributed by atoms with Crippen LogP contribution in [0.4, 0.5) is 5.95 Å². The molecule has 1 N–H and O–H groups in total. The van der Waals surface area contributed by atoms with Crippen LogP contribution in [0, 0.1) is 12.8 Å². The highest BCUT2D eigenvalue weighted by Gasteiger charge is 2.15. The first-order valence-corrected chi connectivity index (χ1v) is 8.15. The second-order valence-electron chi connectivity index (χ2n) is 5.84. The Bertz CT molecular complexity index is 383. The molecule has 0 bridgehead atoms. The maximum absolute atomic E-state index is 5.36. The van der Waals surface area contributed by atoms with E-state index in [-0.39, 0.29) is 0 Å². The molecule has 0 amide bonds. The molecular weight excluding hydrogens is 250 g/mol. The zero-order valence-corrected chi connectivity index (χ0v) is 13.0. The van der Waals surface area contributed by atoms with E-state index in [1.54, 1.807) is 0 Å². The number of anilines is 1. The first-order valence-electron chi connectivity index (χ1n) is 8.15. The summed E-state index contributed by atoms with van der Waals surface area (Å²) in [4.78, 5) is 4.60. The molecule has 1 heterocycles. The fourth-order valence-corrected chi connectivity index (χ4v) is 2.99. The molecule has 4 heteroatoms. The summed E-state index contributed by atoms with van der Waals surface area (Å²) in [7, 11) is 0. The maximum atomic E-state index is 5.36. The zero-order valence-electron chi connectivity index (χ0n) is 13.0. The van der Waals surface area contributed by atoms with Gasteiger partial charge in [0.15, 0.2) is 0 Å². The molecule has 0 spiro atoms. The summed E-state index contributed by atoms with van der Waals surface area (Å²) in [5, 5.41) is 3.45. The van der Waals surface area contributed by atoms with Crippen molar-refractivity contribution in [1.29, 1.82) is 0 Å². The molecule has 0 saturated heterocycles. The standard InChI is InChI=1S/C16H29N3O/c1-3-20-11-7-10-17-16-18-14(2)12-19(16)13-15-8-5-4-6-9-15/h12,15H,3-11,13H2,1-2H3,(H,17,18). The highest BCUT2D eigenvalue weighted by atomic mass is 16.5. The van der Waals surface area contributed by atoms with Gasteiger partial charge in [0.25, 0.3) is 0 Å². The van der Waals surface area contributed by atoms with Crippen molar-refractivity contribution < 1.29 is 4.74 Å². The van der Waals surface area contributed by atoms with Crippen LogP contribution in [-0.4, -0.2) is 29.3 Å². The molecule has 1 aliphatic carbocycles.